The average Bonchev–Trinajstić information content (AvgIpc) is 3.49. The monoisotopic (exact) mass is 593 g/mol. The molecule has 3 aromatic carbocycles. The molecule has 0 saturated carbocycles. The van der Waals surface area contributed by atoms with E-state index < -0.39 is 41.5 Å². The van der Waals surface area contributed by atoms with Gasteiger partial charge < -0.3 is 26.3 Å². The molecule has 226 valence electrons. The number of fused-ring (bicyclic) bond motifs is 1. The Labute approximate surface area is 255 Å². The van der Waals surface area contributed by atoms with E-state index in [2.05, 4.69) is 26.3 Å². The lowest BCUT2D eigenvalue weighted by molar-refractivity contribution is -0.141. The molecule has 0 spiro atoms. The number of nitrogens with one attached hydrogen (secondary N) is 5. The predicted molar refractivity (Wildman–Crippen MR) is 165 cm³/mol. The lowest BCUT2D eigenvalue weighted by Gasteiger charge is -2.27. The molecule has 1 saturated heterocycles. The Morgan fingerprint density at radius 3 is 2.20 bits per heavy atom. The van der Waals surface area contributed by atoms with Crippen molar-refractivity contribution in [3.63, 3.8) is 0 Å². The summed E-state index contributed by atoms with van der Waals surface area (Å²) in [6, 6.07) is 25.1. The van der Waals surface area contributed by atoms with E-state index in [1.807, 2.05) is 84.9 Å². The maximum atomic E-state index is 13.8. The topological polar surface area (TPSA) is 149 Å². The number of hydrogen-bond acceptors (Lipinski definition) is 5. The number of aromatic amines is 1. The third-order valence-corrected chi connectivity index (χ3v) is 7.75. The summed E-state index contributed by atoms with van der Waals surface area (Å²) in [4.78, 5) is 69.2. The number of rotatable bonds is 12. The van der Waals surface area contributed by atoms with Crippen LogP contribution in [0.1, 0.15) is 40.9 Å². The Hall–Kier alpha value is -5.25. The molecule has 1 aliphatic heterocycles. The molecule has 44 heavy (non-hydrogen) atoms. The third-order valence-electron chi connectivity index (χ3n) is 7.75. The molecular weight excluding hydrogens is 558 g/mol. The van der Waals surface area contributed by atoms with Crippen molar-refractivity contribution < 1.29 is 24.0 Å². The number of hydrogen-bond donors (Lipinski definition) is 5. The maximum Gasteiger partial charge on any atom is 0.289 e. The van der Waals surface area contributed by atoms with Crippen LogP contribution in [0.5, 0.6) is 0 Å². The molecule has 4 amide bonds. The van der Waals surface area contributed by atoms with E-state index in [-0.39, 0.29) is 31.0 Å². The highest BCUT2D eigenvalue weighted by Crippen LogP contribution is 2.19. The minimum Gasteiger partial charge on any atom is -0.356 e. The largest absolute Gasteiger partial charge is 0.356 e. The molecule has 0 bridgehead atoms. The zero-order valence-electron chi connectivity index (χ0n) is 24.2. The van der Waals surface area contributed by atoms with Gasteiger partial charge in [-0.15, -0.1) is 0 Å². The summed E-state index contributed by atoms with van der Waals surface area (Å²) in [5, 5.41) is 11.8. The smallest absolute Gasteiger partial charge is 0.289 e. The highest BCUT2D eigenvalue weighted by molar-refractivity contribution is 6.38. The minimum absolute atomic E-state index is 0.0385. The number of benzene rings is 3. The predicted octanol–water partition coefficient (Wildman–Crippen LogP) is 2.80. The summed E-state index contributed by atoms with van der Waals surface area (Å²) in [6.45, 7) is 0.671. The first kappa shape index (κ1) is 30.2. The van der Waals surface area contributed by atoms with E-state index in [4.69, 9.17) is 0 Å². The first-order valence-electron chi connectivity index (χ1n) is 14.7. The Balaban J connectivity index is 1.35. The van der Waals surface area contributed by atoms with Gasteiger partial charge in [-0.2, -0.15) is 0 Å². The normalized spacial score (nSPS) is 15.9. The number of Topliss-reactive ketones (excluding diaryl/α,β-unsaturated/α-hetero) is 1. The van der Waals surface area contributed by atoms with Crippen LogP contribution in [0.4, 0.5) is 0 Å². The van der Waals surface area contributed by atoms with Crippen LogP contribution in [0.15, 0.2) is 91.0 Å². The van der Waals surface area contributed by atoms with Crippen molar-refractivity contribution >= 4 is 40.3 Å². The second-order valence-corrected chi connectivity index (χ2v) is 10.9. The third kappa shape index (κ3) is 7.77. The van der Waals surface area contributed by atoms with Gasteiger partial charge >= 0.3 is 0 Å². The molecule has 1 aromatic heterocycles. The van der Waals surface area contributed by atoms with Gasteiger partial charge in [-0.1, -0.05) is 78.9 Å². The number of H-pyrrole nitrogens is 1. The van der Waals surface area contributed by atoms with Crippen molar-refractivity contribution in [2.24, 2.45) is 5.92 Å². The van der Waals surface area contributed by atoms with Gasteiger partial charge in [0, 0.05) is 36.3 Å². The fourth-order valence-corrected chi connectivity index (χ4v) is 5.36. The first-order chi connectivity index (χ1) is 21.4. The highest BCUT2D eigenvalue weighted by atomic mass is 16.2. The van der Waals surface area contributed by atoms with Gasteiger partial charge in [0.25, 0.3) is 11.8 Å². The minimum atomic E-state index is -1.27. The van der Waals surface area contributed by atoms with Crippen LogP contribution in [0.2, 0.25) is 0 Å². The van der Waals surface area contributed by atoms with Crippen molar-refractivity contribution in [1.29, 1.82) is 0 Å². The summed E-state index contributed by atoms with van der Waals surface area (Å²) >= 11 is 0. The maximum absolute atomic E-state index is 13.8. The fourth-order valence-electron chi connectivity index (χ4n) is 5.36. The molecule has 4 aromatic rings. The Morgan fingerprint density at radius 2 is 1.50 bits per heavy atom. The average molecular weight is 594 g/mol. The summed E-state index contributed by atoms with van der Waals surface area (Å²) in [5.74, 6) is -3.62. The van der Waals surface area contributed by atoms with E-state index in [0.29, 0.717) is 13.0 Å². The van der Waals surface area contributed by atoms with Crippen LogP contribution >= 0.6 is 0 Å². The molecule has 10 nitrogen and oxygen atoms in total. The second kappa shape index (κ2) is 14.3. The number of aromatic nitrogens is 1. The molecule has 1 fully saturated rings. The Bertz CT molecular complexity index is 1600. The van der Waals surface area contributed by atoms with Crippen LogP contribution in [0.3, 0.4) is 0 Å². The quantitative estimate of drug-likeness (QED) is 0.160. The zero-order chi connectivity index (χ0) is 30.9. The Kier molecular flexibility index (Phi) is 9.81. The van der Waals surface area contributed by atoms with Crippen molar-refractivity contribution in [2.75, 3.05) is 6.54 Å². The summed E-state index contributed by atoms with van der Waals surface area (Å²) in [7, 11) is 0. The van der Waals surface area contributed by atoms with Crippen molar-refractivity contribution in [1.82, 2.24) is 26.3 Å². The lowest BCUT2D eigenvalue weighted by atomic mass is 9.89. The van der Waals surface area contributed by atoms with Gasteiger partial charge in [-0.3, -0.25) is 24.0 Å². The number of para-hydroxylation sites is 1. The number of carbonyl (C=O) groups excluding carboxylic acids is 5. The zero-order valence-corrected chi connectivity index (χ0v) is 24.2. The number of piperidine rings is 1. The SMILES string of the molecule is O=C(NCc1ccccc1)C(=O)C(C[C@@H]1CCCNC1=O)NC(=O)[C@H](Cc1ccccc1)NC(=O)c1cc2ccccc2[nH]1. The van der Waals surface area contributed by atoms with Crippen LogP contribution < -0.4 is 21.3 Å². The van der Waals surface area contributed by atoms with Crippen LogP contribution in [0.25, 0.3) is 10.9 Å². The summed E-state index contributed by atoms with van der Waals surface area (Å²) in [6.07, 6.45) is 1.36. The number of ketones is 1. The van der Waals surface area contributed by atoms with Crippen LogP contribution in [0, 0.1) is 5.92 Å². The molecular formula is C34H35N5O5. The second-order valence-electron chi connectivity index (χ2n) is 10.9. The molecule has 2 heterocycles. The number of amides is 4. The highest BCUT2D eigenvalue weighted by Gasteiger charge is 2.35. The molecule has 10 heteroatoms. The molecule has 1 unspecified atom stereocenters. The van der Waals surface area contributed by atoms with E-state index in [1.165, 1.54) is 0 Å². The summed E-state index contributed by atoms with van der Waals surface area (Å²) < 4.78 is 0. The van der Waals surface area contributed by atoms with E-state index in [9.17, 15) is 24.0 Å². The van der Waals surface area contributed by atoms with Gasteiger partial charge in [0.05, 0.1) is 6.04 Å². The molecule has 3 atom stereocenters. The van der Waals surface area contributed by atoms with Gasteiger partial charge in [-0.25, -0.2) is 0 Å². The first-order valence-corrected chi connectivity index (χ1v) is 14.7. The van der Waals surface area contributed by atoms with Crippen molar-refractivity contribution in [3.05, 3.63) is 108 Å². The van der Waals surface area contributed by atoms with Gasteiger partial charge in [0.15, 0.2) is 0 Å². The molecule has 5 N–H and O–H groups in total. The van der Waals surface area contributed by atoms with Crippen LogP contribution in [-0.2, 0) is 32.1 Å². The lowest BCUT2D eigenvalue weighted by Crippen LogP contribution is -2.55. The summed E-state index contributed by atoms with van der Waals surface area (Å²) in [5.41, 5.74) is 2.66. The van der Waals surface area contributed by atoms with Gasteiger partial charge in [0.1, 0.15) is 11.7 Å². The molecule has 5 rings (SSSR count). The molecule has 0 aliphatic carbocycles. The molecule has 1 aliphatic rings. The standard InChI is InChI=1S/C34H35N5O5/c40-30(34(44)36-21-23-12-5-2-6-13-23)27(20-25-15-9-17-35-31(25)41)38-32(42)28(18-22-10-3-1-4-11-22)39-33(43)29-19-24-14-7-8-16-26(24)37-29/h1-8,10-14,16,19,25,27-28,37H,9,15,17-18,20-21H2,(H,35,41)(H,36,44)(H,38,42)(H,39,43)/t25-,27?,28-/m0/s1. The fraction of sp³-hybridized carbons (Fsp3) is 0.265. The van der Waals surface area contributed by atoms with Crippen LogP contribution in [-0.4, -0.2) is 53.0 Å². The number of carbonyl (C=O) groups is 5. The van der Waals surface area contributed by atoms with Gasteiger partial charge in [0.2, 0.25) is 17.6 Å². The van der Waals surface area contributed by atoms with E-state index in [0.717, 1.165) is 28.5 Å². The Morgan fingerprint density at radius 1 is 0.818 bits per heavy atom. The molecule has 0 radical (unpaired) electrons. The van der Waals surface area contributed by atoms with E-state index >= 15 is 0 Å². The van der Waals surface area contributed by atoms with E-state index in [1.54, 1.807) is 6.07 Å². The van der Waals surface area contributed by atoms with Gasteiger partial charge in [-0.05, 0) is 42.5 Å². The van der Waals surface area contributed by atoms with Crippen molar-refractivity contribution in [2.45, 2.75) is 44.3 Å². The van der Waals surface area contributed by atoms with Crippen molar-refractivity contribution in [3.8, 4) is 0 Å².